The van der Waals surface area contributed by atoms with Crippen LogP contribution in [0.2, 0.25) is 0 Å². The van der Waals surface area contributed by atoms with Crippen molar-refractivity contribution in [2.24, 2.45) is 0 Å². The highest BCUT2D eigenvalue weighted by Gasteiger charge is 2.41. The summed E-state index contributed by atoms with van der Waals surface area (Å²) in [7, 11) is 0. The molecule has 0 saturated heterocycles. The first-order chi connectivity index (χ1) is 5.43. The van der Waals surface area contributed by atoms with Gasteiger partial charge in [-0.2, -0.15) is 13.2 Å². The molecule has 0 saturated carbocycles. The Morgan fingerprint density at radius 1 is 1.33 bits per heavy atom. The topological polar surface area (TPSA) is 73.4 Å². The third-order valence-corrected chi connectivity index (χ3v) is 1.12. The van der Waals surface area contributed by atoms with Gasteiger partial charge < -0.3 is 5.11 Å². The minimum Gasteiger partial charge on any atom is -0.476 e. The average molecular weight is 183 g/mol. The molecule has 1 aliphatic heterocycles. The summed E-state index contributed by atoms with van der Waals surface area (Å²) in [5, 5.41) is 8.25. The molecular formula is C4H4F3N3O2. The van der Waals surface area contributed by atoms with Crippen LogP contribution in [0.15, 0.2) is 11.4 Å². The number of hydrogen-bond acceptors (Lipinski definition) is 4. The Kier molecular flexibility index (Phi) is 1.84. The van der Waals surface area contributed by atoms with E-state index in [2.05, 4.69) is 0 Å². The smallest absolute Gasteiger partial charge is 0.434 e. The number of carboxylic acids is 1. The highest BCUT2D eigenvalue weighted by Crippen LogP contribution is 2.26. The lowest BCUT2D eigenvalue weighted by molar-refractivity contribution is -0.134. The fourth-order valence-corrected chi connectivity index (χ4v) is 0.654. The van der Waals surface area contributed by atoms with Crippen molar-refractivity contribution in [3.05, 3.63) is 11.4 Å². The van der Waals surface area contributed by atoms with Gasteiger partial charge in [-0.15, -0.1) is 5.53 Å². The standard InChI is InChI=1S/C4H4F3N3O2/c5-4(6,7)2-1(3(11)12)8-10-9-2/h8-10H,(H,11,12). The first-order valence-electron chi connectivity index (χ1n) is 2.74. The summed E-state index contributed by atoms with van der Waals surface area (Å²) in [6.07, 6.45) is -4.70. The molecule has 0 unspecified atom stereocenters. The Hall–Kier alpha value is -1.44. The van der Waals surface area contributed by atoms with Crippen molar-refractivity contribution in [1.29, 1.82) is 0 Å². The number of halogens is 3. The van der Waals surface area contributed by atoms with Gasteiger partial charge in [-0.1, -0.05) is 0 Å². The Bertz CT molecular complexity index is 246. The van der Waals surface area contributed by atoms with Crippen LogP contribution in [0.1, 0.15) is 0 Å². The largest absolute Gasteiger partial charge is 0.476 e. The van der Waals surface area contributed by atoms with Crippen molar-refractivity contribution in [3.63, 3.8) is 0 Å². The summed E-state index contributed by atoms with van der Waals surface area (Å²) in [5.74, 6) is -1.68. The molecule has 0 amide bonds. The summed E-state index contributed by atoms with van der Waals surface area (Å²) in [6.45, 7) is 0. The molecule has 0 aromatic heterocycles. The number of allylic oxidation sites excluding steroid dienone is 1. The quantitative estimate of drug-likeness (QED) is 0.439. The molecule has 0 bridgehead atoms. The van der Waals surface area contributed by atoms with Crippen LogP contribution >= 0.6 is 0 Å². The summed E-state index contributed by atoms with van der Waals surface area (Å²) in [6, 6.07) is 0. The Morgan fingerprint density at radius 2 is 1.92 bits per heavy atom. The molecule has 8 heteroatoms. The van der Waals surface area contributed by atoms with E-state index in [9.17, 15) is 18.0 Å². The minimum atomic E-state index is -4.70. The molecule has 1 rings (SSSR count). The average Bonchev–Trinajstić information content (AvgIpc) is 2.30. The Balaban J connectivity index is 3.00. The van der Waals surface area contributed by atoms with E-state index in [1.165, 1.54) is 0 Å². The van der Waals surface area contributed by atoms with Crippen molar-refractivity contribution in [2.45, 2.75) is 6.18 Å². The predicted octanol–water partition coefficient (Wildman–Crippen LogP) is -0.543. The third-order valence-electron chi connectivity index (χ3n) is 1.12. The zero-order chi connectivity index (χ0) is 9.35. The zero-order valence-electron chi connectivity index (χ0n) is 5.49. The number of nitrogens with one attached hydrogen (secondary N) is 3. The van der Waals surface area contributed by atoms with Crippen LogP contribution < -0.4 is 16.4 Å². The second-order valence-electron chi connectivity index (χ2n) is 1.93. The van der Waals surface area contributed by atoms with E-state index in [0.29, 0.717) is 0 Å². The number of carboxylic acid groups (broad SMARTS) is 1. The number of hydrogen-bond donors (Lipinski definition) is 4. The van der Waals surface area contributed by atoms with Crippen LogP contribution in [0.3, 0.4) is 0 Å². The van der Waals surface area contributed by atoms with Crippen LogP contribution in [-0.4, -0.2) is 17.3 Å². The zero-order valence-corrected chi connectivity index (χ0v) is 5.49. The van der Waals surface area contributed by atoms with Crippen LogP contribution in [0.4, 0.5) is 13.2 Å². The van der Waals surface area contributed by atoms with Gasteiger partial charge in [0.15, 0.2) is 11.4 Å². The van der Waals surface area contributed by atoms with Crippen LogP contribution in [0, 0.1) is 0 Å². The Labute approximate surface area is 64.2 Å². The lowest BCUT2D eigenvalue weighted by Crippen LogP contribution is -2.35. The fourth-order valence-electron chi connectivity index (χ4n) is 0.654. The summed E-state index contributed by atoms with van der Waals surface area (Å²) < 4.78 is 35.7. The van der Waals surface area contributed by atoms with Gasteiger partial charge in [-0.3, -0.25) is 10.9 Å². The van der Waals surface area contributed by atoms with Crippen molar-refractivity contribution >= 4 is 5.97 Å². The van der Waals surface area contributed by atoms with Gasteiger partial charge in [0.25, 0.3) is 0 Å². The van der Waals surface area contributed by atoms with Gasteiger partial charge in [-0.25, -0.2) is 4.79 Å². The number of rotatable bonds is 1. The maximum absolute atomic E-state index is 11.9. The number of carbonyl (C=O) groups is 1. The van der Waals surface area contributed by atoms with Crippen LogP contribution in [-0.2, 0) is 4.79 Å². The van der Waals surface area contributed by atoms with Crippen molar-refractivity contribution in [3.8, 4) is 0 Å². The highest BCUT2D eigenvalue weighted by molar-refractivity contribution is 5.87. The van der Waals surface area contributed by atoms with E-state index in [1.54, 1.807) is 5.43 Å². The molecule has 0 radical (unpaired) electrons. The van der Waals surface area contributed by atoms with Gasteiger partial charge in [0.2, 0.25) is 0 Å². The van der Waals surface area contributed by atoms with Gasteiger partial charge in [0.1, 0.15) is 0 Å². The van der Waals surface area contributed by atoms with E-state index in [0.717, 1.165) is 0 Å². The first-order valence-corrected chi connectivity index (χ1v) is 2.74. The normalized spacial score (nSPS) is 17.2. The molecule has 0 aromatic carbocycles. The lowest BCUT2D eigenvalue weighted by atomic mass is 10.3. The van der Waals surface area contributed by atoms with Crippen LogP contribution in [0.5, 0.6) is 0 Å². The SMILES string of the molecule is O=C(O)C1=C(C(F)(F)F)NNN1. The summed E-state index contributed by atoms with van der Waals surface area (Å²) in [4.78, 5) is 10.2. The van der Waals surface area contributed by atoms with Crippen molar-refractivity contribution < 1.29 is 23.1 Å². The van der Waals surface area contributed by atoms with E-state index in [-0.39, 0.29) is 0 Å². The molecule has 0 aromatic rings. The number of hydrazine groups is 2. The molecular weight excluding hydrogens is 179 g/mol. The van der Waals surface area contributed by atoms with Gasteiger partial charge >= 0.3 is 12.1 Å². The molecule has 0 spiro atoms. The molecule has 0 fully saturated rings. The van der Waals surface area contributed by atoms with Gasteiger partial charge in [0.05, 0.1) is 0 Å². The Morgan fingerprint density at radius 3 is 2.25 bits per heavy atom. The van der Waals surface area contributed by atoms with E-state index >= 15 is 0 Å². The monoisotopic (exact) mass is 183 g/mol. The molecule has 0 atom stereocenters. The van der Waals surface area contributed by atoms with E-state index < -0.39 is 23.5 Å². The molecule has 5 nitrogen and oxygen atoms in total. The minimum absolute atomic E-state index is 0.942. The second-order valence-corrected chi connectivity index (χ2v) is 1.93. The number of alkyl halides is 3. The highest BCUT2D eigenvalue weighted by atomic mass is 19.4. The van der Waals surface area contributed by atoms with Gasteiger partial charge in [0, 0.05) is 0 Å². The van der Waals surface area contributed by atoms with Gasteiger partial charge in [-0.05, 0) is 0 Å². The molecule has 0 aliphatic carbocycles. The maximum Gasteiger partial charge on any atom is 0.434 e. The van der Waals surface area contributed by atoms with Crippen molar-refractivity contribution in [1.82, 2.24) is 16.4 Å². The maximum atomic E-state index is 11.9. The van der Waals surface area contributed by atoms with E-state index in [1.807, 2.05) is 11.0 Å². The van der Waals surface area contributed by atoms with Crippen molar-refractivity contribution in [2.75, 3.05) is 0 Å². The first kappa shape index (κ1) is 8.65. The predicted molar refractivity (Wildman–Crippen MR) is 30.1 cm³/mol. The molecule has 12 heavy (non-hydrogen) atoms. The molecule has 1 aliphatic rings. The lowest BCUT2D eigenvalue weighted by Gasteiger charge is -2.06. The number of aliphatic carboxylic acids is 1. The third kappa shape index (κ3) is 1.42. The molecule has 1 heterocycles. The molecule has 68 valence electrons. The molecule has 4 N–H and O–H groups in total. The summed E-state index contributed by atoms with van der Waals surface area (Å²) in [5.41, 5.74) is 3.01. The fraction of sp³-hybridized carbons (Fsp3) is 0.250. The van der Waals surface area contributed by atoms with Crippen LogP contribution in [0.25, 0.3) is 0 Å². The second kappa shape index (κ2) is 2.55. The summed E-state index contributed by atoms with van der Waals surface area (Å²) >= 11 is 0. The van der Waals surface area contributed by atoms with E-state index in [4.69, 9.17) is 5.11 Å².